The molecule has 4 rings (SSSR count). The molecule has 1 unspecified atom stereocenters. The van der Waals surface area contributed by atoms with Gasteiger partial charge in [-0.1, -0.05) is 53.0 Å². The van der Waals surface area contributed by atoms with E-state index in [1.54, 1.807) is 16.7 Å². The van der Waals surface area contributed by atoms with Gasteiger partial charge in [-0.15, -0.1) is 0 Å². The number of rotatable bonds is 9. The fourth-order valence-electron chi connectivity index (χ4n) is 3.49. The van der Waals surface area contributed by atoms with Gasteiger partial charge in [-0.05, 0) is 59.7 Å². The average Bonchev–Trinajstić information content (AvgIpc) is 3.25. The number of ether oxygens (including phenoxy) is 1. The van der Waals surface area contributed by atoms with Crippen LogP contribution in [-0.2, 0) is 24.4 Å². The van der Waals surface area contributed by atoms with E-state index in [4.69, 9.17) is 39.5 Å². The first kappa shape index (κ1) is 24.4. The van der Waals surface area contributed by atoms with E-state index in [1.807, 2.05) is 53.6 Å². The fraction of sp³-hybridized carbons (Fsp3) is 0.154. The molecule has 0 saturated heterocycles. The molecule has 0 N–H and O–H groups in total. The van der Waals surface area contributed by atoms with Crippen molar-refractivity contribution in [3.8, 4) is 0 Å². The predicted octanol–water partition coefficient (Wildman–Crippen LogP) is 6.72. The van der Waals surface area contributed by atoms with Gasteiger partial charge in [0, 0.05) is 20.6 Å². The first-order valence-electron chi connectivity index (χ1n) is 10.5. The maximum Gasteiger partial charge on any atom is 0.244 e. The minimum absolute atomic E-state index is 0.106. The zero-order valence-corrected chi connectivity index (χ0v) is 20.3. The number of imidazole rings is 1. The number of hydrogen-bond donors (Lipinski definition) is 0. The second-order valence-corrected chi connectivity index (χ2v) is 9.08. The normalized spacial score (nSPS) is 12.0. The lowest BCUT2D eigenvalue weighted by atomic mass is 10.1. The summed E-state index contributed by atoms with van der Waals surface area (Å²) in [6.07, 6.45) is 5.23. The number of halogens is 4. The minimum Gasteiger partial charge on any atom is -0.365 e. The lowest BCUT2D eigenvalue weighted by molar-refractivity contribution is -0.682. The van der Waals surface area contributed by atoms with Gasteiger partial charge in [0.05, 0.1) is 6.61 Å². The van der Waals surface area contributed by atoms with E-state index in [0.717, 1.165) is 11.1 Å². The molecule has 174 valence electrons. The summed E-state index contributed by atoms with van der Waals surface area (Å²) in [5, 5.41) is 1.75. The average molecular weight is 519 g/mol. The molecule has 0 aliphatic rings. The molecule has 0 saturated carbocycles. The molecule has 0 aliphatic heterocycles. The molecule has 34 heavy (non-hydrogen) atoms. The van der Waals surface area contributed by atoms with Gasteiger partial charge in [0.25, 0.3) is 0 Å². The van der Waals surface area contributed by atoms with Crippen LogP contribution in [0.5, 0.6) is 0 Å². The highest BCUT2D eigenvalue weighted by Crippen LogP contribution is 2.26. The van der Waals surface area contributed by atoms with Crippen molar-refractivity contribution in [3.05, 3.63) is 123 Å². The van der Waals surface area contributed by atoms with Gasteiger partial charge in [-0.2, -0.15) is 0 Å². The lowest BCUT2D eigenvalue weighted by Crippen LogP contribution is -2.36. The van der Waals surface area contributed by atoms with Gasteiger partial charge in [0.2, 0.25) is 12.1 Å². The van der Waals surface area contributed by atoms with Crippen LogP contribution in [0.2, 0.25) is 15.1 Å². The molecule has 1 aromatic heterocycles. The number of benzene rings is 3. The Morgan fingerprint density at radius 3 is 2.38 bits per heavy atom. The number of carbonyl (C=O) groups is 1. The Morgan fingerprint density at radius 2 is 1.68 bits per heavy atom. The molecular formula is C26H21Cl3FN2O2+. The third-order valence-electron chi connectivity index (χ3n) is 5.31. The summed E-state index contributed by atoms with van der Waals surface area (Å²) in [6, 6.07) is 18.3. The summed E-state index contributed by atoms with van der Waals surface area (Å²) in [5.74, 6) is -0.478. The summed E-state index contributed by atoms with van der Waals surface area (Å²) < 4.78 is 23.1. The topological polar surface area (TPSA) is 35.1 Å². The van der Waals surface area contributed by atoms with Crippen molar-refractivity contribution < 1.29 is 18.5 Å². The van der Waals surface area contributed by atoms with Gasteiger partial charge in [0.15, 0.2) is 6.54 Å². The minimum atomic E-state index is -0.372. The van der Waals surface area contributed by atoms with E-state index in [1.165, 1.54) is 24.3 Å². The Kier molecular flexibility index (Phi) is 8.01. The Bertz CT molecular complexity index is 1270. The van der Waals surface area contributed by atoms with Crippen LogP contribution in [0.15, 0.2) is 85.5 Å². The van der Waals surface area contributed by atoms with Crippen LogP contribution in [0.3, 0.4) is 0 Å². The Morgan fingerprint density at radius 1 is 0.971 bits per heavy atom. The molecule has 0 bridgehead atoms. The number of aromatic nitrogens is 2. The zero-order valence-electron chi connectivity index (χ0n) is 18.0. The standard InChI is InChI=1S/C26H21Cl3FN2O2/c27-21-6-1-19(2-7-21)26(34-16-20-3-8-22(28)13-24(20)29)15-32-12-11-31(17-32)14-25(33)18-4-9-23(30)10-5-18/h1-13,17,26H,14-16H2/q+1. The Labute approximate surface area is 212 Å². The highest BCUT2D eigenvalue weighted by atomic mass is 35.5. The van der Waals surface area contributed by atoms with Crippen molar-refractivity contribution in [3.63, 3.8) is 0 Å². The fourth-order valence-corrected chi connectivity index (χ4v) is 4.07. The van der Waals surface area contributed by atoms with E-state index in [9.17, 15) is 9.18 Å². The van der Waals surface area contributed by atoms with Crippen molar-refractivity contribution in [1.29, 1.82) is 0 Å². The molecule has 0 aliphatic carbocycles. The maximum atomic E-state index is 13.1. The molecule has 0 radical (unpaired) electrons. The molecule has 8 heteroatoms. The number of hydrogen-bond acceptors (Lipinski definition) is 2. The largest absolute Gasteiger partial charge is 0.365 e. The molecule has 4 aromatic rings. The van der Waals surface area contributed by atoms with Crippen molar-refractivity contribution in [2.24, 2.45) is 0 Å². The van der Waals surface area contributed by atoms with Crippen molar-refractivity contribution in [1.82, 2.24) is 4.57 Å². The van der Waals surface area contributed by atoms with Crippen LogP contribution >= 0.6 is 34.8 Å². The number of nitrogens with zero attached hydrogens (tertiary/aromatic N) is 2. The number of Topliss-reactive ketones (excluding diaryl/α,β-unsaturated/α-hetero) is 1. The predicted molar refractivity (Wildman–Crippen MR) is 131 cm³/mol. The van der Waals surface area contributed by atoms with Gasteiger partial charge in [0.1, 0.15) is 30.9 Å². The van der Waals surface area contributed by atoms with Crippen LogP contribution in [0.4, 0.5) is 4.39 Å². The monoisotopic (exact) mass is 517 g/mol. The van der Waals surface area contributed by atoms with Crippen molar-refractivity contribution in [2.45, 2.75) is 25.8 Å². The summed E-state index contributed by atoms with van der Waals surface area (Å²) in [4.78, 5) is 12.5. The first-order chi connectivity index (χ1) is 16.4. The van der Waals surface area contributed by atoms with Crippen molar-refractivity contribution in [2.75, 3.05) is 0 Å². The maximum absolute atomic E-state index is 13.1. The Hall–Kier alpha value is -2.70. The van der Waals surface area contributed by atoms with E-state index in [2.05, 4.69) is 0 Å². The molecular weight excluding hydrogens is 498 g/mol. The molecule has 1 heterocycles. The number of ketones is 1. The summed E-state index contributed by atoms with van der Waals surface area (Å²) in [7, 11) is 0. The van der Waals surface area contributed by atoms with Crippen LogP contribution in [-0.4, -0.2) is 10.4 Å². The molecule has 4 nitrogen and oxygen atoms in total. The summed E-state index contributed by atoms with van der Waals surface area (Å²) >= 11 is 18.4. The second kappa shape index (κ2) is 11.2. The third kappa shape index (κ3) is 6.45. The van der Waals surface area contributed by atoms with Gasteiger partial charge in [-0.25, -0.2) is 13.5 Å². The second-order valence-electron chi connectivity index (χ2n) is 7.80. The molecule has 0 amide bonds. The van der Waals surface area contributed by atoms with Gasteiger partial charge < -0.3 is 4.74 Å². The zero-order chi connectivity index (χ0) is 24.1. The summed E-state index contributed by atoms with van der Waals surface area (Å²) in [6.45, 7) is 0.948. The molecule has 3 aromatic carbocycles. The van der Waals surface area contributed by atoms with Gasteiger partial charge in [-0.3, -0.25) is 4.79 Å². The highest BCUT2D eigenvalue weighted by Gasteiger charge is 2.19. The highest BCUT2D eigenvalue weighted by molar-refractivity contribution is 6.35. The Balaban J connectivity index is 1.47. The van der Waals surface area contributed by atoms with Crippen molar-refractivity contribution >= 4 is 40.6 Å². The lowest BCUT2D eigenvalue weighted by Gasteiger charge is -2.17. The smallest absolute Gasteiger partial charge is 0.244 e. The number of carbonyl (C=O) groups excluding carboxylic acids is 1. The molecule has 0 fully saturated rings. The first-order valence-corrected chi connectivity index (χ1v) is 11.7. The van der Waals surface area contributed by atoms with Crippen LogP contribution < -0.4 is 4.57 Å². The van der Waals surface area contributed by atoms with Crippen LogP contribution in [0, 0.1) is 5.82 Å². The molecule has 0 spiro atoms. The van der Waals surface area contributed by atoms with E-state index >= 15 is 0 Å². The van der Waals surface area contributed by atoms with Crippen LogP contribution in [0.1, 0.15) is 27.6 Å². The van der Waals surface area contributed by atoms with E-state index in [-0.39, 0.29) is 24.2 Å². The summed E-state index contributed by atoms with van der Waals surface area (Å²) in [5.41, 5.74) is 2.25. The molecule has 1 atom stereocenters. The van der Waals surface area contributed by atoms with Gasteiger partial charge >= 0.3 is 0 Å². The van der Waals surface area contributed by atoms with E-state index in [0.29, 0.717) is 33.8 Å². The third-order valence-corrected chi connectivity index (χ3v) is 6.15. The SMILES string of the molecule is O=C(C[n+]1ccn(CC(OCc2ccc(Cl)cc2Cl)c2ccc(Cl)cc2)c1)c1ccc(F)cc1. The quantitative estimate of drug-likeness (QED) is 0.182. The van der Waals surface area contributed by atoms with E-state index < -0.39 is 0 Å². The van der Waals surface area contributed by atoms with Crippen LogP contribution in [0.25, 0.3) is 0 Å².